The van der Waals surface area contributed by atoms with Gasteiger partial charge in [-0.15, -0.1) is 24.8 Å². The average molecular weight is 286 g/mol. The first kappa shape index (κ1) is 16.9. The van der Waals surface area contributed by atoms with Gasteiger partial charge in [0.2, 0.25) is 0 Å². The number of carbonyl (C=O) groups is 1. The molecule has 102 valence electrons. The second-order valence-electron chi connectivity index (χ2n) is 4.25. The van der Waals surface area contributed by atoms with Crippen molar-refractivity contribution in [3.8, 4) is 0 Å². The molecule has 1 amide bonds. The van der Waals surface area contributed by atoms with Crippen LogP contribution in [0.15, 0.2) is 0 Å². The van der Waals surface area contributed by atoms with Crippen molar-refractivity contribution in [3.05, 3.63) is 0 Å². The van der Waals surface area contributed by atoms with E-state index in [1.165, 1.54) is 0 Å². The van der Waals surface area contributed by atoms with Crippen LogP contribution in [0.25, 0.3) is 0 Å². The zero-order valence-electron chi connectivity index (χ0n) is 9.76. The number of morpholine rings is 1. The molecule has 3 N–H and O–H groups in total. The first-order valence-electron chi connectivity index (χ1n) is 5.64. The molecular formula is C10H21Cl2N3O2. The molecule has 0 radical (unpaired) electrons. The highest BCUT2D eigenvalue weighted by Crippen LogP contribution is 2.11. The van der Waals surface area contributed by atoms with Gasteiger partial charge in [0.1, 0.15) is 6.10 Å². The fraction of sp³-hybridized carbons (Fsp3) is 0.900. The molecule has 5 nitrogen and oxygen atoms in total. The topological polar surface area (TPSA) is 67.6 Å². The normalized spacial score (nSPS) is 28.9. The first-order valence-corrected chi connectivity index (χ1v) is 5.64. The minimum atomic E-state index is -0.302. The third-order valence-electron chi connectivity index (χ3n) is 2.97. The van der Waals surface area contributed by atoms with E-state index in [0.717, 1.165) is 25.9 Å². The Hall–Kier alpha value is -0.0700. The fourth-order valence-corrected chi connectivity index (χ4v) is 2.14. The number of nitrogens with two attached hydrogens (primary N) is 1. The van der Waals surface area contributed by atoms with Crippen LogP contribution in [-0.2, 0) is 9.53 Å². The number of nitrogens with zero attached hydrogens (tertiary/aromatic N) is 1. The van der Waals surface area contributed by atoms with Gasteiger partial charge in [0.05, 0.1) is 6.61 Å². The van der Waals surface area contributed by atoms with Crippen LogP contribution in [0.1, 0.15) is 12.8 Å². The molecule has 2 rings (SSSR count). The van der Waals surface area contributed by atoms with Crippen molar-refractivity contribution in [3.63, 3.8) is 0 Å². The predicted molar refractivity (Wildman–Crippen MR) is 70.9 cm³/mol. The van der Waals surface area contributed by atoms with E-state index >= 15 is 0 Å². The van der Waals surface area contributed by atoms with E-state index in [-0.39, 0.29) is 42.9 Å². The van der Waals surface area contributed by atoms with E-state index in [2.05, 4.69) is 5.32 Å². The summed E-state index contributed by atoms with van der Waals surface area (Å²) >= 11 is 0. The second kappa shape index (κ2) is 8.11. The second-order valence-corrected chi connectivity index (χ2v) is 4.25. The van der Waals surface area contributed by atoms with Crippen molar-refractivity contribution in [1.82, 2.24) is 10.2 Å². The summed E-state index contributed by atoms with van der Waals surface area (Å²) in [7, 11) is 0. The van der Waals surface area contributed by atoms with E-state index in [1.807, 2.05) is 4.90 Å². The number of piperidine rings is 1. The zero-order chi connectivity index (χ0) is 10.7. The molecule has 0 aromatic carbocycles. The van der Waals surface area contributed by atoms with E-state index < -0.39 is 0 Å². The van der Waals surface area contributed by atoms with E-state index in [0.29, 0.717) is 19.7 Å². The highest BCUT2D eigenvalue weighted by molar-refractivity contribution is 5.85. The van der Waals surface area contributed by atoms with Crippen LogP contribution in [-0.4, -0.2) is 55.7 Å². The third kappa shape index (κ3) is 4.60. The van der Waals surface area contributed by atoms with Crippen molar-refractivity contribution in [2.75, 3.05) is 32.8 Å². The lowest BCUT2D eigenvalue weighted by molar-refractivity contribution is -0.146. The lowest BCUT2D eigenvalue weighted by atomic mass is 10.1. The summed E-state index contributed by atoms with van der Waals surface area (Å²) in [5, 5.41) is 3.16. The molecule has 2 atom stereocenters. The van der Waals surface area contributed by atoms with Gasteiger partial charge < -0.3 is 20.7 Å². The fourth-order valence-electron chi connectivity index (χ4n) is 2.14. The average Bonchev–Trinajstić information content (AvgIpc) is 2.29. The van der Waals surface area contributed by atoms with Gasteiger partial charge in [-0.1, -0.05) is 0 Å². The lowest BCUT2D eigenvalue weighted by Gasteiger charge is -2.34. The van der Waals surface area contributed by atoms with Crippen LogP contribution in [0.3, 0.4) is 0 Å². The largest absolute Gasteiger partial charge is 0.366 e. The Morgan fingerprint density at radius 3 is 2.76 bits per heavy atom. The van der Waals surface area contributed by atoms with Gasteiger partial charge in [-0.05, 0) is 12.8 Å². The molecule has 17 heavy (non-hydrogen) atoms. The predicted octanol–water partition coefficient (Wildman–Crippen LogP) is -0.232. The Kier molecular flexibility index (Phi) is 8.07. The van der Waals surface area contributed by atoms with Gasteiger partial charge in [-0.25, -0.2) is 0 Å². The third-order valence-corrected chi connectivity index (χ3v) is 2.97. The maximum absolute atomic E-state index is 12.0. The van der Waals surface area contributed by atoms with Gasteiger partial charge in [-0.3, -0.25) is 4.79 Å². The number of hydrogen-bond donors (Lipinski definition) is 2. The highest BCUT2D eigenvalue weighted by atomic mass is 35.5. The van der Waals surface area contributed by atoms with E-state index in [9.17, 15) is 4.79 Å². The molecule has 2 aliphatic rings. The summed E-state index contributed by atoms with van der Waals surface area (Å²) in [6.45, 7) is 3.59. The Labute approximate surface area is 114 Å². The SMILES string of the molecule is Cl.Cl.N[C@@H]1CCCN(C(=O)[C@H]2CNCCO2)C1. The number of carbonyl (C=O) groups excluding carboxylic acids is 1. The van der Waals surface area contributed by atoms with Crippen molar-refractivity contribution < 1.29 is 9.53 Å². The monoisotopic (exact) mass is 285 g/mol. The molecular weight excluding hydrogens is 265 g/mol. The highest BCUT2D eigenvalue weighted by Gasteiger charge is 2.29. The van der Waals surface area contributed by atoms with Gasteiger partial charge >= 0.3 is 0 Å². The number of nitrogens with one attached hydrogen (secondary N) is 1. The number of amides is 1. The smallest absolute Gasteiger partial charge is 0.253 e. The van der Waals surface area contributed by atoms with Crippen molar-refractivity contribution >= 4 is 30.7 Å². The summed E-state index contributed by atoms with van der Waals surface area (Å²) in [4.78, 5) is 13.8. The summed E-state index contributed by atoms with van der Waals surface area (Å²) in [6, 6.07) is 0.138. The number of halogens is 2. The quantitative estimate of drug-likeness (QED) is 0.698. The zero-order valence-corrected chi connectivity index (χ0v) is 11.4. The molecule has 2 fully saturated rings. The summed E-state index contributed by atoms with van der Waals surface area (Å²) in [5.74, 6) is 0.0948. The summed E-state index contributed by atoms with van der Waals surface area (Å²) < 4.78 is 5.43. The molecule has 0 aromatic rings. The van der Waals surface area contributed by atoms with Gasteiger partial charge in [0, 0.05) is 32.2 Å². The van der Waals surface area contributed by atoms with Crippen LogP contribution in [0.4, 0.5) is 0 Å². The molecule has 0 unspecified atom stereocenters. The molecule has 0 aromatic heterocycles. The Balaban J connectivity index is 0.00000128. The molecule has 0 spiro atoms. The van der Waals surface area contributed by atoms with Crippen LogP contribution >= 0.6 is 24.8 Å². The van der Waals surface area contributed by atoms with Gasteiger partial charge in [-0.2, -0.15) is 0 Å². The molecule has 7 heteroatoms. The maximum atomic E-state index is 12.0. The van der Waals surface area contributed by atoms with Crippen LogP contribution < -0.4 is 11.1 Å². The van der Waals surface area contributed by atoms with Gasteiger partial charge in [0.15, 0.2) is 0 Å². The van der Waals surface area contributed by atoms with Crippen molar-refractivity contribution in [2.45, 2.75) is 25.0 Å². The standard InChI is InChI=1S/C10H19N3O2.2ClH/c11-8-2-1-4-13(7-8)10(14)9-6-12-3-5-15-9;;/h8-9,12H,1-7,11H2;2*1H/t8-,9-;;/m1../s1. The summed E-state index contributed by atoms with van der Waals surface area (Å²) in [6.07, 6.45) is 1.73. The lowest BCUT2D eigenvalue weighted by Crippen LogP contribution is -2.53. The molecule has 0 saturated carbocycles. The number of ether oxygens (including phenoxy) is 1. The van der Waals surface area contributed by atoms with Crippen LogP contribution in [0, 0.1) is 0 Å². The molecule has 2 saturated heterocycles. The van der Waals surface area contributed by atoms with Crippen LogP contribution in [0.2, 0.25) is 0 Å². The Morgan fingerprint density at radius 1 is 1.41 bits per heavy atom. The van der Waals surface area contributed by atoms with E-state index in [4.69, 9.17) is 10.5 Å². The molecule has 0 bridgehead atoms. The number of hydrogen-bond acceptors (Lipinski definition) is 4. The molecule has 2 heterocycles. The number of likely N-dealkylation sites (tertiary alicyclic amines) is 1. The summed E-state index contributed by atoms with van der Waals surface area (Å²) in [5.41, 5.74) is 5.84. The molecule has 2 aliphatic heterocycles. The minimum absolute atomic E-state index is 0. The Morgan fingerprint density at radius 2 is 2.18 bits per heavy atom. The number of rotatable bonds is 1. The van der Waals surface area contributed by atoms with Crippen LogP contribution in [0.5, 0.6) is 0 Å². The molecule has 0 aliphatic carbocycles. The van der Waals surface area contributed by atoms with Gasteiger partial charge in [0.25, 0.3) is 5.91 Å². The van der Waals surface area contributed by atoms with Crippen molar-refractivity contribution in [2.24, 2.45) is 5.73 Å². The minimum Gasteiger partial charge on any atom is -0.366 e. The maximum Gasteiger partial charge on any atom is 0.253 e. The van der Waals surface area contributed by atoms with E-state index in [1.54, 1.807) is 0 Å². The Bertz CT molecular complexity index is 238. The first-order chi connectivity index (χ1) is 7.27. The van der Waals surface area contributed by atoms with Crippen molar-refractivity contribution in [1.29, 1.82) is 0 Å².